The summed E-state index contributed by atoms with van der Waals surface area (Å²) in [4.78, 5) is 16.6. The molecule has 1 aromatic rings. The van der Waals surface area contributed by atoms with Crippen LogP contribution < -0.4 is 15.4 Å². The van der Waals surface area contributed by atoms with E-state index in [1.165, 1.54) is 12.8 Å². The first-order valence-electron chi connectivity index (χ1n) is 7.41. The van der Waals surface area contributed by atoms with E-state index in [1.807, 2.05) is 13.0 Å². The van der Waals surface area contributed by atoms with E-state index in [4.69, 9.17) is 4.74 Å². The second kappa shape index (κ2) is 5.79. The fraction of sp³-hybridized carbons (Fsp3) is 0.600. The number of ether oxygens (including phenoxy) is 1. The molecule has 1 aliphatic heterocycles. The maximum atomic E-state index is 12.5. The van der Waals surface area contributed by atoms with Crippen LogP contribution in [-0.2, 0) is 4.79 Å². The average molecular weight is 275 g/mol. The molecule has 3 unspecified atom stereocenters. The van der Waals surface area contributed by atoms with Gasteiger partial charge in [-0.2, -0.15) is 0 Å². The summed E-state index contributed by atoms with van der Waals surface area (Å²) in [6.45, 7) is 3.41. The second-order valence-corrected chi connectivity index (χ2v) is 5.52. The molecule has 0 bridgehead atoms. The first-order chi connectivity index (χ1) is 9.79. The quantitative estimate of drug-likeness (QED) is 0.879. The van der Waals surface area contributed by atoms with Crippen LogP contribution in [0.5, 0.6) is 5.88 Å². The number of hydrogen-bond donors (Lipinski definition) is 2. The summed E-state index contributed by atoms with van der Waals surface area (Å²) in [6.07, 6.45) is 5.32. The third kappa shape index (κ3) is 2.50. The van der Waals surface area contributed by atoms with Crippen LogP contribution in [0.15, 0.2) is 18.3 Å². The zero-order chi connectivity index (χ0) is 13.9. The third-order valence-corrected chi connectivity index (χ3v) is 4.34. The van der Waals surface area contributed by atoms with Crippen molar-refractivity contribution in [3.05, 3.63) is 18.3 Å². The van der Waals surface area contributed by atoms with E-state index in [1.54, 1.807) is 12.3 Å². The van der Waals surface area contributed by atoms with Crippen LogP contribution >= 0.6 is 0 Å². The van der Waals surface area contributed by atoms with E-state index < -0.39 is 0 Å². The normalized spacial score (nSPS) is 28.1. The Bertz CT molecular complexity index is 492. The second-order valence-electron chi connectivity index (χ2n) is 5.52. The number of carbonyl (C=O) groups is 1. The molecule has 20 heavy (non-hydrogen) atoms. The van der Waals surface area contributed by atoms with Crippen molar-refractivity contribution in [3.8, 4) is 5.88 Å². The Morgan fingerprint density at radius 2 is 2.45 bits per heavy atom. The lowest BCUT2D eigenvalue weighted by molar-refractivity contribution is -0.118. The van der Waals surface area contributed by atoms with Crippen LogP contribution in [0, 0.1) is 11.8 Å². The number of nitrogens with one attached hydrogen (secondary N) is 2. The van der Waals surface area contributed by atoms with Gasteiger partial charge in [-0.3, -0.25) is 4.79 Å². The van der Waals surface area contributed by atoms with Crippen LogP contribution in [0.1, 0.15) is 26.2 Å². The van der Waals surface area contributed by atoms with Gasteiger partial charge >= 0.3 is 0 Å². The van der Waals surface area contributed by atoms with Gasteiger partial charge in [0.15, 0.2) is 0 Å². The maximum absolute atomic E-state index is 12.5. The van der Waals surface area contributed by atoms with E-state index in [2.05, 4.69) is 15.6 Å². The fourth-order valence-electron chi connectivity index (χ4n) is 3.42. The minimum Gasteiger partial charge on any atom is -0.476 e. The predicted octanol–water partition coefficient (Wildman–Crippen LogP) is 1.81. The van der Waals surface area contributed by atoms with Crippen molar-refractivity contribution < 1.29 is 9.53 Å². The molecular formula is C15H21N3O2. The molecule has 1 saturated heterocycles. The lowest BCUT2D eigenvalue weighted by Crippen LogP contribution is -2.39. The number of anilines is 1. The summed E-state index contributed by atoms with van der Waals surface area (Å²) in [5.74, 6) is 1.69. The van der Waals surface area contributed by atoms with E-state index >= 15 is 0 Å². The van der Waals surface area contributed by atoms with Gasteiger partial charge < -0.3 is 15.4 Å². The first kappa shape index (κ1) is 13.4. The van der Waals surface area contributed by atoms with Crippen LogP contribution in [-0.4, -0.2) is 30.1 Å². The fourth-order valence-corrected chi connectivity index (χ4v) is 3.42. The minimum atomic E-state index is -0.0721. The number of amides is 1. The highest BCUT2D eigenvalue weighted by Crippen LogP contribution is 2.38. The summed E-state index contributed by atoms with van der Waals surface area (Å²) in [6, 6.07) is 3.56. The van der Waals surface area contributed by atoms with Crippen LogP contribution in [0.3, 0.4) is 0 Å². The van der Waals surface area contributed by atoms with E-state index in [0.29, 0.717) is 30.0 Å². The molecule has 2 N–H and O–H groups in total. The Morgan fingerprint density at radius 1 is 1.55 bits per heavy atom. The Kier molecular flexibility index (Phi) is 3.87. The van der Waals surface area contributed by atoms with Gasteiger partial charge in [0, 0.05) is 6.20 Å². The molecule has 1 amide bonds. The minimum absolute atomic E-state index is 0.0355. The molecule has 2 heterocycles. The predicted molar refractivity (Wildman–Crippen MR) is 76.7 cm³/mol. The molecule has 0 spiro atoms. The number of aromatic nitrogens is 1. The maximum Gasteiger partial charge on any atom is 0.241 e. The van der Waals surface area contributed by atoms with Crippen LogP contribution in [0.25, 0.3) is 0 Å². The highest BCUT2D eigenvalue weighted by atomic mass is 16.5. The molecule has 5 heteroatoms. The van der Waals surface area contributed by atoms with Crippen LogP contribution in [0.4, 0.5) is 5.69 Å². The monoisotopic (exact) mass is 275 g/mol. The van der Waals surface area contributed by atoms with Gasteiger partial charge in [-0.1, -0.05) is 6.42 Å². The Balaban J connectivity index is 1.70. The number of carbonyl (C=O) groups excluding carboxylic acids is 1. The van der Waals surface area contributed by atoms with Crippen LogP contribution in [0.2, 0.25) is 0 Å². The summed E-state index contributed by atoms with van der Waals surface area (Å²) in [7, 11) is 0. The highest BCUT2D eigenvalue weighted by Gasteiger charge is 2.42. The van der Waals surface area contributed by atoms with E-state index in [0.717, 1.165) is 13.0 Å². The average Bonchev–Trinajstić information content (AvgIpc) is 3.03. The largest absolute Gasteiger partial charge is 0.476 e. The number of pyridine rings is 1. The van der Waals surface area contributed by atoms with Gasteiger partial charge in [-0.05, 0) is 50.3 Å². The number of nitrogens with zero attached hydrogens (tertiary/aromatic N) is 1. The number of rotatable bonds is 4. The lowest BCUT2D eigenvalue weighted by Gasteiger charge is -2.18. The van der Waals surface area contributed by atoms with Crippen molar-refractivity contribution in [2.45, 2.75) is 32.2 Å². The van der Waals surface area contributed by atoms with Gasteiger partial charge in [-0.15, -0.1) is 0 Å². The number of hydrogen-bond acceptors (Lipinski definition) is 4. The van der Waals surface area contributed by atoms with Gasteiger partial charge in [0.1, 0.15) is 5.69 Å². The summed E-state index contributed by atoms with van der Waals surface area (Å²) < 4.78 is 5.44. The van der Waals surface area contributed by atoms with Gasteiger partial charge in [0.25, 0.3) is 0 Å². The SMILES string of the molecule is CCOc1ncccc1NC(=O)C1NCC2CCCC21. The molecule has 0 aromatic carbocycles. The van der Waals surface area contributed by atoms with Crippen molar-refractivity contribution in [2.75, 3.05) is 18.5 Å². The van der Waals surface area contributed by atoms with Crippen molar-refractivity contribution in [1.82, 2.24) is 10.3 Å². The molecule has 2 aliphatic rings. The summed E-state index contributed by atoms with van der Waals surface area (Å²) in [5, 5.41) is 6.32. The molecule has 0 radical (unpaired) electrons. The van der Waals surface area contributed by atoms with Gasteiger partial charge in [0.05, 0.1) is 12.6 Å². The van der Waals surface area contributed by atoms with Gasteiger partial charge in [-0.25, -0.2) is 4.98 Å². The zero-order valence-corrected chi connectivity index (χ0v) is 11.8. The lowest BCUT2D eigenvalue weighted by atomic mass is 9.93. The molecule has 1 aliphatic carbocycles. The van der Waals surface area contributed by atoms with Crippen molar-refractivity contribution in [3.63, 3.8) is 0 Å². The standard InChI is InChI=1S/C15H21N3O2/c1-2-20-15-12(7-4-8-16-15)18-14(19)13-11-6-3-5-10(11)9-17-13/h4,7-8,10-11,13,17H,2-3,5-6,9H2,1H3,(H,18,19). The first-order valence-corrected chi connectivity index (χ1v) is 7.41. The molecule has 5 nitrogen and oxygen atoms in total. The highest BCUT2D eigenvalue weighted by molar-refractivity contribution is 5.96. The Labute approximate surface area is 119 Å². The molecule has 108 valence electrons. The molecular weight excluding hydrogens is 254 g/mol. The Morgan fingerprint density at radius 3 is 3.30 bits per heavy atom. The summed E-state index contributed by atoms with van der Waals surface area (Å²) in [5.41, 5.74) is 0.655. The van der Waals surface area contributed by atoms with Crippen molar-refractivity contribution >= 4 is 11.6 Å². The van der Waals surface area contributed by atoms with Crippen molar-refractivity contribution in [1.29, 1.82) is 0 Å². The molecule has 3 atom stereocenters. The molecule has 1 aromatic heterocycles. The van der Waals surface area contributed by atoms with E-state index in [9.17, 15) is 4.79 Å². The molecule has 1 saturated carbocycles. The number of fused-ring (bicyclic) bond motifs is 1. The van der Waals surface area contributed by atoms with Crippen molar-refractivity contribution in [2.24, 2.45) is 11.8 Å². The summed E-state index contributed by atoms with van der Waals surface area (Å²) >= 11 is 0. The Hall–Kier alpha value is -1.62. The van der Waals surface area contributed by atoms with E-state index in [-0.39, 0.29) is 11.9 Å². The third-order valence-electron chi connectivity index (χ3n) is 4.34. The topological polar surface area (TPSA) is 63.2 Å². The molecule has 3 rings (SSSR count). The molecule has 2 fully saturated rings. The van der Waals surface area contributed by atoms with Gasteiger partial charge in [0.2, 0.25) is 11.8 Å². The zero-order valence-electron chi connectivity index (χ0n) is 11.8. The smallest absolute Gasteiger partial charge is 0.241 e.